The molecule has 0 aliphatic carbocycles. The van der Waals surface area contributed by atoms with Crippen LogP contribution in [-0.4, -0.2) is 173 Å². The van der Waals surface area contributed by atoms with Gasteiger partial charge in [-0.15, -0.1) is 34.0 Å². The molecule has 0 spiro atoms. The van der Waals surface area contributed by atoms with Gasteiger partial charge in [-0.25, -0.2) is 29.9 Å². The van der Waals surface area contributed by atoms with Crippen LogP contribution in [0.4, 0.5) is 16.0 Å². The summed E-state index contributed by atoms with van der Waals surface area (Å²) in [6, 6.07) is 10.2. The van der Waals surface area contributed by atoms with Gasteiger partial charge in [-0.1, -0.05) is 0 Å². The Morgan fingerprint density at radius 3 is 1.11 bits per heavy atom. The number of hydrogen-bond donors (Lipinski definition) is 3. The summed E-state index contributed by atoms with van der Waals surface area (Å²) in [5.74, 6) is 0.584. The number of aromatic nitrogens is 6. The molecule has 0 aromatic carbocycles. The van der Waals surface area contributed by atoms with Crippen LogP contribution >= 0.6 is 34.0 Å². The molecule has 79 heavy (non-hydrogen) atoms. The van der Waals surface area contributed by atoms with Gasteiger partial charge in [0.15, 0.2) is 0 Å². The van der Waals surface area contributed by atoms with E-state index < -0.39 is 5.95 Å². The van der Waals surface area contributed by atoms with E-state index in [4.69, 9.17) is 5.73 Å². The quantitative estimate of drug-likeness (QED) is 0.0997. The largest absolute Gasteiger partial charge is 0.361 e. The molecular formula is C54H70FN15O6S3. The van der Waals surface area contributed by atoms with Crippen molar-refractivity contribution in [3.05, 3.63) is 127 Å². The van der Waals surface area contributed by atoms with Crippen LogP contribution in [0.2, 0.25) is 0 Å². The average molecular weight is 1140 g/mol. The van der Waals surface area contributed by atoms with E-state index in [-0.39, 0.29) is 71.7 Å². The highest BCUT2D eigenvalue weighted by atomic mass is 32.1. The molecule has 6 aromatic heterocycles. The minimum Gasteiger partial charge on any atom is -0.361 e. The number of amides is 6. The van der Waals surface area contributed by atoms with Gasteiger partial charge in [0, 0.05) is 135 Å². The zero-order chi connectivity index (χ0) is 57.3. The van der Waals surface area contributed by atoms with E-state index in [1.165, 1.54) is 25.3 Å². The van der Waals surface area contributed by atoms with E-state index in [1.807, 2.05) is 49.0 Å². The SMILES string of the molecule is CC(=O)N(C)[C@H]1CCN(C(=O)c2ccc(F)nc2)C1.CC(=O)N(C)[C@H]1CCN(C(=O)c2ccc(NC(C)c3nccs3)nc2)C1.CC(=O)N(C)[C@H]1CCN(C(=O)c2ccc(NC(C)c3nccs3)nc2)C1.CC(N)c1nccs1. The highest BCUT2D eigenvalue weighted by Crippen LogP contribution is 2.24. The number of likely N-dealkylation sites (N-methyl/N-ethyl adjacent to an activating group) is 3. The van der Waals surface area contributed by atoms with Crippen LogP contribution in [0.3, 0.4) is 0 Å². The topological polar surface area (TPSA) is 249 Å². The van der Waals surface area contributed by atoms with Crippen molar-refractivity contribution in [2.45, 2.75) is 97.1 Å². The van der Waals surface area contributed by atoms with E-state index >= 15 is 0 Å². The molecule has 6 atom stereocenters. The molecular weight excluding hydrogens is 1070 g/mol. The lowest BCUT2D eigenvalue weighted by Crippen LogP contribution is -2.38. The number of halogens is 1. The van der Waals surface area contributed by atoms with Crippen LogP contribution in [0, 0.1) is 5.95 Å². The first-order chi connectivity index (χ1) is 37.7. The Morgan fingerprint density at radius 2 is 0.861 bits per heavy atom. The summed E-state index contributed by atoms with van der Waals surface area (Å²) >= 11 is 4.77. The van der Waals surface area contributed by atoms with E-state index in [2.05, 4.69) is 40.5 Å². The lowest BCUT2D eigenvalue weighted by atomic mass is 10.2. The molecule has 3 aliphatic rings. The van der Waals surface area contributed by atoms with Crippen LogP contribution in [0.15, 0.2) is 89.7 Å². The molecule has 3 fully saturated rings. The molecule has 9 rings (SSSR count). The Hall–Kier alpha value is -7.35. The molecule has 3 saturated heterocycles. The maximum atomic E-state index is 12.7. The standard InChI is InChI=1S/2C18H23N5O2S.C13H16FN3O2.C5H8N2S/c2*1-12(17-19-7-9-26-17)21-16-5-4-14(10-20-16)18(25)23-8-6-15(11-23)22(3)13(2)24;1-9(18)16(2)11-5-6-17(8-11)13(19)10-3-4-12(14)15-7-10;1-4(6)5-7-2-3-8-5/h2*4-5,7,9-10,12,15H,6,8,11H2,1-3H3,(H,20,21);3-4,7,11H,5-6,8H2,1-2H3;2-4H,6H2,1H3/t2*12?,15-;11-;/m000./s1. The van der Waals surface area contributed by atoms with Crippen molar-refractivity contribution in [1.82, 2.24) is 59.3 Å². The number of hydrogen-bond acceptors (Lipinski definition) is 18. The van der Waals surface area contributed by atoms with Crippen LogP contribution in [0.25, 0.3) is 0 Å². The minimum atomic E-state index is -0.604. The number of carbonyl (C=O) groups excluding carboxylic acids is 6. The first-order valence-corrected chi connectivity index (χ1v) is 28.4. The lowest BCUT2D eigenvalue weighted by Gasteiger charge is -2.23. The normalized spacial score (nSPS) is 17.6. The number of nitrogens with one attached hydrogen (secondary N) is 2. The van der Waals surface area contributed by atoms with E-state index in [0.717, 1.165) is 34.3 Å². The lowest BCUT2D eigenvalue weighted by molar-refractivity contribution is -0.130. The van der Waals surface area contributed by atoms with Gasteiger partial charge in [-0.05, 0) is 76.4 Å². The third kappa shape index (κ3) is 17.3. The Kier molecular flexibility index (Phi) is 22.4. The number of likely N-dealkylation sites (tertiary alicyclic amines) is 3. The Morgan fingerprint density at radius 1 is 0.532 bits per heavy atom. The number of pyridine rings is 3. The van der Waals surface area contributed by atoms with Crippen molar-refractivity contribution < 1.29 is 33.2 Å². The second kappa shape index (κ2) is 29.0. The smallest absolute Gasteiger partial charge is 0.255 e. The van der Waals surface area contributed by atoms with Crippen molar-refractivity contribution in [1.29, 1.82) is 0 Å². The monoisotopic (exact) mass is 1140 g/mol. The molecule has 3 aliphatic heterocycles. The summed E-state index contributed by atoms with van der Waals surface area (Å²) < 4.78 is 12.7. The molecule has 4 N–H and O–H groups in total. The number of thiazole rings is 3. The average Bonchev–Trinajstić information content (AvgIpc) is 4.32. The summed E-state index contributed by atoms with van der Waals surface area (Å²) in [4.78, 5) is 107. The molecule has 25 heteroatoms. The fourth-order valence-corrected chi connectivity index (χ4v) is 10.6. The first kappa shape index (κ1) is 60.9. The first-order valence-electron chi connectivity index (χ1n) is 25.8. The molecule has 0 saturated carbocycles. The summed E-state index contributed by atoms with van der Waals surface area (Å²) in [5.41, 5.74) is 6.99. The second-order valence-electron chi connectivity index (χ2n) is 19.3. The summed E-state index contributed by atoms with van der Waals surface area (Å²) in [7, 11) is 5.31. The Bertz CT molecular complexity index is 2770. The summed E-state index contributed by atoms with van der Waals surface area (Å²) in [5, 5.41) is 15.4. The third-order valence-corrected chi connectivity index (χ3v) is 16.6. The van der Waals surface area contributed by atoms with Crippen LogP contribution in [0.1, 0.15) is 125 Å². The molecule has 6 amide bonds. The number of nitrogens with zero attached hydrogens (tertiary/aromatic N) is 12. The van der Waals surface area contributed by atoms with Crippen molar-refractivity contribution in [3.8, 4) is 0 Å². The number of carbonyl (C=O) groups is 6. The molecule has 3 unspecified atom stereocenters. The predicted molar refractivity (Wildman–Crippen MR) is 304 cm³/mol. The zero-order valence-electron chi connectivity index (χ0n) is 46.0. The van der Waals surface area contributed by atoms with Gasteiger partial charge in [0.05, 0.1) is 52.9 Å². The number of rotatable bonds is 13. The second-order valence-corrected chi connectivity index (χ2v) is 22.1. The summed E-state index contributed by atoms with van der Waals surface area (Å²) in [6.07, 6.45) is 12.1. The van der Waals surface area contributed by atoms with Crippen LogP contribution in [-0.2, 0) is 14.4 Å². The molecule has 9 heterocycles. The van der Waals surface area contributed by atoms with Gasteiger partial charge < -0.3 is 45.8 Å². The molecule has 422 valence electrons. The molecule has 6 aromatic rings. The van der Waals surface area contributed by atoms with E-state index in [9.17, 15) is 33.2 Å². The van der Waals surface area contributed by atoms with Gasteiger partial charge in [0.25, 0.3) is 17.7 Å². The third-order valence-electron chi connectivity index (χ3n) is 13.7. The number of nitrogens with two attached hydrogens (primary N) is 1. The van der Waals surface area contributed by atoms with Gasteiger partial charge in [-0.3, -0.25) is 28.8 Å². The number of anilines is 2. The fraction of sp³-hybridized carbons (Fsp3) is 0.444. The van der Waals surface area contributed by atoms with Gasteiger partial charge in [0.1, 0.15) is 26.7 Å². The Labute approximate surface area is 472 Å². The highest BCUT2D eigenvalue weighted by Gasteiger charge is 2.33. The maximum absolute atomic E-state index is 12.7. The fourth-order valence-electron chi connectivity index (χ4n) is 8.68. The Balaban J connectivity index is 0.000000180. The maximum Gasteiger partial charge on any atom is 0.255 e. The molecule has 0 radical (unpaired) electrons. The van der Waals surface area contributed by atoms with Gasteiger partial charge >= 0.3 is 0 Å². The minimum absolute atomic E-state index is 0.0113. The van der Waals surface area contributed by atoms with Gasteiger partial charge in [-0.2, -0.15) is 4.39 Å². The van der Waals surface area contributed by atoms with Crippen molar-refractivity contribution in [2.75, 3.05) is 71.0 Å². The van der Waals surface area contributed by atoms with Crippen molar-refractivity contribution in [2.24, 2.45) is 5.73 Å². The zero-order valence-corrected chi connectivity index (χ0v) is 48.4. The molecule has 21 nitrogen and oxygen atoms in total. The van der Waals surface area contributed by atoms with Crippen LogP contribution < -0.4 is 16.4 Å². The van der Waals surface area contributed by atoms with E-state index in [1.54, 1.807) is 142 Å². The summed E-state index contributed by atoms with van der Waals surface area (Å²) in [6.45, 7) is 14.1. The highest BCUT2D eigenvalue weighted by molar-refractivity contribution is 7.10. The predicted octanol–water partition coefficient (Wildman–Crippen LogP) is 6.88. The van der Waals surface area contributed by atoms with Crippen molar-refractivity contribution >= 4 is 81.1 Å². The van der Waals surface area contributed by atoms with Crippen molar-refractivity contribution in [3.63, 3.8) is 0 Å². The van der Waals surface area contributed by atoms with Gasteiger partial charge in [0.2, 0.25) is 23.7 Å². The van der Waals surface area contributed by atoms with Crippen LogP contribution in [0.5, 0.6) is 0 Å². The van der Waals surface area contributed by atoms with E-state index in [0.29, 0.717) is 67.6 Å². The molecule has 0 bridgehead atoms.